The molecule has 1 aromatic carbocycles. The quantitative estimate of drug-likeness (QED) is 0.842. The van der Waals surface area contributed by atoms with Crippen molar-refractivity contribution in [2.24, 2.45) is 10.7 Å². The lowest BCUT2D eigenvalue weighted by Gasteiger charge is -2.33. The summed E-state index contributed by atoms with van der Waals surface area (Å²) in [4.78, 5) is 34.0. The zero-order valence-electron chi connectivity index (χ0n) is 14.7. The van der Waals surface area contributed by atoms with Crippen LogP contribution in [0, 0.1) is 5.82 Å². The second kappa shape index (κ2) is 6.96. The largest absolute Gasteiger partial charge is 0.369 e. The standard InChI is InChI=1S/C18H17ClFN5O2/c1-18(8-15(26)25(2)17(21)24-18)10-3-5-12(20)14(7-10)23-16(27)13-6-4-11(19)9-22-13/h3-7,9H,8H2,1-2H3,(H2,21,24)(H,23,27). The van der Waals surface area contributed by atoms with Gasteiger partial charge in [0.15, 0.2) is 5.96 Å². The molecule has 3 N–H and O–H groups in total. The second-order valence-corrected chi connectivity index (χ2v) is 6.82. The minimum atomic E-state index is -0.959. The lowest BCUT2D eigenvalue weighted by Crippen LogP contribution is -2.47. The number of nitrogens with one attached hydrogen (secondary N) is 1. The predicted molar refractivity (Wildman–Crippen MR) is 100.0 cm³/mol. The Hall–Kier alpha value is -3.00. The third-order valence-electron chi connectivity index (χ3n) is 4.37. The number of aliphatic imine (C=N–C) groups is 1. The van der Waals surface area contributed by atoms with Crippen molar-refractivity contribution in [3.8, 4) is 0 Å². The molecule has 2 heterocycles. The van der Waals surface area contributed by atoms with Gasteiger partial charge in [0.05, 0.1) is 22.7 Å². The van der Waals surface area contributed by atoms with Crippen molar-refractivity contribution in [2.45, 2.75) is 18.9 Å². The monoisotopic (exact) mass is 389 g/mol. The molecule has 1 aromatic heterocycles. The Morgan fingerprint density at radius 3 is 2.74 bits per heavy atom. The van der Waals surface area contributed by atoms with E-state index in [-0.39, 0.29) is 29.7 Å². The van der Waals surface area contributed by atoms with Crippen LogP contribution in [-0.4, -0.2) is 34.7 Å². The van der Waals surface area contributed by atoms with Gasteiger partial charge in [0, 0.05) is 13.2 Å². The van der Waals surface area contributed by atoms with Crippen molar-refractivity contribution >= 4 is 35.1 Å². The normalized spacial score (nSPS) is 19.6. The van der Waals surface area contributed by atoms with E-state index in [9.17, 15) is 14.0 Å². The number of hydrogen-bond acceptors (Lipinski definition) is 5. The van der Waals surface area contributed by atoms with Crippen LogP contribution in [-0.2, 0) is 10.3 Å². The summed E-state index contributed by atoms with van der Waals surface area (Å²) in [5.74, 6) is -1.34. The van der Waals surface area contributed by atoms with Gasteiger partial charge < -0.3 is 11.1 Å². The number of hydrogen-bond donors (Lipinski definition) is 2. The molecule has 27 heavy (non-hydrogen) atoms. The van der Waals surface area contributed by atoms with Gasteiger partial charge in [0.2, 0.25) is 5.91 Å². The van der Waals surface area contributed by atoms with Gasteiger partial charge in [-0.25, -0.2) is 14.4 Å². The molecule has 0 fully saturated rings. The molecule has 7 nitrogen and oxygen atoms in total. The fourth-order valence-electron chi connectivity index (χ4n) is 2.73. The van der Waals surface area contributed by atoms with Crippen molar-refractivity contribution in [3.05, 3.63) is 58.6 Å². The highest BCUT2D eigenvalue weighted by atomic mass is 35.5. The first-order chi connectivity index (χ1) is 12.7. The lowest BCUT2D eigenvalue weighted by molar-refractivity contribution is -0.128. The average molecular weight is 390 g/mol. The number of benzene rings is 1. The number of rotatable bonds is 3. The SMILES string of the molecule is CN1C(=O)CC(C)(c2ccc(F)c(NC(=O)c3ccc(Cl)cn3)c2)N=C1N. The Bertz CT molecular complexity index is 947. The average Bonchev–Trinajstić information content (AvgIpc) is 2.62. The molecule has 0 radical (unpaired) electrons. The van der Waals surface area contributed by atoms with E-state index in [4.69, 9.17) is 17.3 Å². The number of carbonyl (C=O) groups is 2. The Morgan fingerprint density at radius 2 is 2.11 bits per heavy atom. The number of guanidine groups is 1. The molecule has 0 saturated carbocycles. The van der Waals surface area contributed by atoms with Gasteiger partial charge >= 0.3 is 0 Å². The summed E-state index contributed by atoms with van der Waals surface area (Å²) in [5, 5.41) is 2.86. The molecule has 0 spiro atoms. The highest BCUT2D eigenvalue weighted by Gasteiger charge is 2.36. The molecular formula is C18H17ClFN5O2. The number of pyridine rings is 1. The van der Waals surface area contributed by atoms with E-state index in [2.05, 4.69) is 15.3 Å². The van der Waals surface area contributed by atoms with Crippen molar-refractivity contribution in [1.29, 1.82) is 0 Å². The fourth-order valence-corrected chi connectivity index (χ4v) is 2.84. The third-order valence-corrected chi connectivity index (χ3v) is 4.59. The first-order valence-corrected chi connectivity index (χ1v) is 8.42. The van der Waals surface area contributed by atoms with Crippen LogP contribution < -0.4 is 11.1 Å². The van der Waals surface area contributed by atoms with E-state index in [1.807, 2.05) is 0 Å². The number of halogens is 2. The molecule has 1 atom stereocenters. The third kappa shape index (κ3) is 3.75. The summed E-state index contributed by atoms with van der Waals surface area (Å²) in [6.45, 7) is 1.73. The van der Waals surface area contributed by atoms with Gasteiger partial charge in [-0.3, -0.25) is 14.5 Å². The Balaban J connectivity index is 1.92. The smallest absolute Gasteiger partial charge is 0.274 e. The van der Waals surface area contributed by atoms with Gasteiger partial charge in [-0.15, -0.1) is 0 Å². The number of carbonyl (C=O) groups excluding carboxylic acids is 2. The number of aromatic nitrogens is 1. The summed E-state index contributed by atoms with van der Waals surface area (Å²) >= 11 is 5.75. The lowest BCUT2D eigenvalue weighted by atomic mass is 9.87. The molecule has 0 saturated heterocycles. The number of nitrogens with two attached hydrogens (primary N) is 1. The molecule has 9 heteroatoms. The van der Waals surface area contributed by atoms with Crippen LogP contribution in [0.4, 0.5) is 10.1 Å². The first kappa shape index (κ1) is 18.8. The van der Waals surface area contributed by atoms with Crippen molar-refractivity contribution in [1.82, 2.24) is 9.88 Å². The minimum absolute atomic E-state index is 0.0457. The van der Waals surface area contributed by atoms with Gasteiger partial charge in [0.1, 0.15) is 11.5 Å². The molecule has 0 bridgehead atoms. The summed E-state index contributed by atoms with van der Waals surface area (Å²) < 4.78 is 14.2. The van der Waals surface area contributed by atoms with Crippen molar-refractivity contribution < 1.29 is 14.0 Å². The molecular weight excluding hydrogens is 373 g/mol. The Morgan fingerprint density at radius 1 is 1.37 bits per heavy atom. The van der Waals surface area contributed by atoms with E-state index in [0.29, 0.717) is 10.6 Å². The van der Waals surface area contributed by atoms with Crippen LogP contribution in [0.1, 0.15) is 29.4 Å². The maximum Gasteiger partial charge on any atom is 0.274 e. The van der Waals surface area contributed by atoms with Crippen LogP contribution >= 0.6 is 11.6 Å². The van der Waals surface area contributed by atoms with Crippen molar-refractivity contribution in [2.75, 3.05) is 12.4 Å². The summed E-state index contributed by atoms with van der Waals surface area (Å²) in [6, 6.07) is 7.11. The van der Waals surface area contributed by atoms with Crippen LogP contribution in [0.25, 0.3) is 0 Å². The van der Waals surface area contributed by atoms with Gasteiger partial charge in [-0.05, 0) is 36.8 Å². The van der Waals surface area contributed by atoms with Crippen LogP contribution in [0.3, 0.4) is 0 Å². The zero-order chi connectivity index (χ0) is 19.8. The summed E-state index contributed by atoms with van der Waals surface area (Å²) in [7, 11) is 1.54. The topological polar surface area (TPSA) is 101 Å². The van der Waals surface area contributed by atoms with Crippen LogP contribution in [0.15, 0.2) is 41.5 Å². The van der Waals surface area contributed by atoms with Gasteiger partial charge in [-0.2, -0.15) is 0 Å². The van der Waals surface area contributed by atoms with Crippen LogP contribution in [0.2, 0.25) is 5.02 Å². The highest BCUT2D eigenvalue weighted by Crippen LogP contribution is 2.34. The summed E-state index contributed by atoms with van der Waals surface area (Å²) in [5.41, 5.74) is 5.44. The molecule has 1 unspecified atom stereocenters. The van der Waals surface area contributed by atoms with E-state index in [0.717, 1.165) is 0 Å². The maximum absolute atomic E-state index is 14.2. The van der Waals surface area contributed by atoms with E-state index >= 15 is 0 Å². The summed E-state index contributed by atoms with van der Waals surface area (Å²) in [6.07, 6.45) is 1.40. The van der Waals surface area contributed by atoms with Gasteiger partial charge in [0.25, 0.3) is 5.91 Å². The van der Waals surface area contributed by atoms with E-state index < -0.39 is 17.3 Å². The minimum Gasteiger partial charge on any atom is -0.369 e. The second-order valence-electron chi connectivity index (χ2n) is 6.38. The number of amides is 2. The highest BCUT2D eigenvalue weighted by molar-refractivity contribution is 6.30. The molecule has 2 aromatic rings. The zero-order valence-corrected chi connectivity index (χ0v) is 15.4. The maximum atomic E-state index is 14.2. The van der Waals surface area contributed by atoms with Crippen molar-refractivity contribution in [3.63, 3.8) is 0 Å². The molecule has 0 aliphatic carbocycles. The Kier molecular flexibility index (Phi) is 4.84. The van der Waals surface area contributed by atoms with Crippen LogP contribution in [0.5, 0.6) is 0 Å². The number of anilines is 1. The van der Waals surface area contributed by atoms with Gasteiger partial charge in [-0.1, -0.05) is 17.7 Å². The predicted octanol–water partition coefficient (Wildman–Crippen LogP) is 2.52. The number of nitrogens with zero attached hydrogens (tertiary/aromatic N) is 3. The molecule has 1 aliphatic rings. The molecule has 1 aliphatic heterocycles. The van der Waals surface area contributed by atoms with E-state index in [1.165, 1.54) is 48.5 Å². The first-order valence-electron chi connectivity index (χ1n) is 8.04. The Labute approximate surface area is 160 Å². The molecule has 2 amide bonds. The molecule has 3 rings (SSSR count). The fraction of sp³-hybridized carbons (Fsp3) is 0.222. The van der Waals surface area contributed by atoms with E-state index in [1.54, 1.807) is 6.92 Å². The molecule has 140 valence electrons.